The second-order valence-electron chi connectivity index (χ2n) is 8.43. The van der Waals surface area contributed by atoms with E-state index in [4.69, 9.17) is 0 Å². The monoisotopic (exact) mass is 286 g/mol. The SMILES string of the molecule is C=C[C@H]1CCC2C3CCC4=CC(O)CC[C@@H]4C3CC[C@@]21C. The molecule has 1 nitrogen and oxygen atoms in total. The maximum atomic E-state index is 9.91. The van der Waals surface area contributed by atoms with Crippen molar-refractivity contribution in [3.05, 3.63) is 24.3 Å². The highest BCUT2D eigenvalue weighted by atomic mass is 16.3. The summed E-state index contributed by atoms with van der Waals surface area (Å²) in [4.78, 5) is 0. The number of rotatable bonds is 1. The van der Waals surface area contributed by atoms with Gasteiger partial charge in [0.2, 0.25) is 0 Å². The van der Waals surface area contributed by atoms with E-state index in [1.165, 1.54) is 44.9 Å². The van der Waals surface area contributed by atoms with E-state index in [0.717, 1.165) is 36.0 Å². The summed E-state index contributed by atoms with van der Waals surface area (Å²) in [6, 6.07) is 0. The van der Waals surface area contributed by atoms with Crippen LogP contribution in [0.15, 0.2) is 24.3 Å². The predicted molar refractivity (Wildman–Crippen MR) is 86.8 cm³/mol. The second-order valence-corrected chi connectivity index (χ2v) is 8.43. The molecular formula is C20H30O. The van der Waals surface area contributed by atoms with Crippen LogP contribution in [0.25, 0.3) is 0 Å². The number of aliphatic hydroxyl groups excluding tert-OH is 1. The minimum Gasteiger partial charge on any atom is -0.389 e. The number of aliphatic hydroxyl groups is 1. The highest BCUT2D eigenvalue weighted by Gasteiger charge is 2.55. The van der Waals surface area contributed by atoms with Crippen molar-refractivity contribution in [3.63, 3.8) is 0 Å². The van der Waals surface area contributed by atoms with Gasteiger partial charge in [0.05, 0.1) is 6.10 Å². The van der Waals surface area contributed by atoms with Gasteiger partial charge in [0.15, 0.2) is 0 Å². The van der Waals surface area contributed by atoms with E-state index in [9.17, 15) is 5.11 Å². The van der Waals surface area contributed by atoms with Gasteiger partial charge in [-0.2, -0.15) is 0 Å². The normalized spacial score (nSPS) is 52.4. The number of hydrogen-bond acceptors (Lipinski definition) is 1. The average Bonchev–Trinajstić information content (AvgIpc) is 2.83. The summed E-state index contributed by atoms with van der Waals surface area (Å²) in [5.74, 6) is 4.37. The van der Waals surface area contributed by atoms with Crippen LogP contribution in [-0.4, -0.2) is 11.2 Å². The fraction of sp³-hybridized carbons (Fsp3) is 0.800. The van der Waals surface area contributed by atoms with Crippen molar-refractivity contribution in [2.24, 2.45) is 35.0 Å². The molecule has 21 heavy (non-hydrogen) atoms. The Morgan fingerprint density at radius 3 is 2.81 bits per heavy atom. The van der Waals surface area contributed by atoms with Gasteiger partial charge in [-0.15, -0.1) is 6.58 Å². The summed E-state index contributed by atoms with van der Waals surface area (Å²) in [5, 5.41) is 9.91. The first-order valence-electron chi connectivity index (χ1n) is 9.14. The molecule has 0 spiro atoms. The second kappa shape index (κ2) is 4.98. The summed E-state index contributed by atoms with van der Waals surface area (Å²) < 4.78 is 0. The fourth-order valence-electron chi connectivity index (χ4n) is 6.74. The van der Waals surface area contributed by atoms with Gasteiger partial charge in [0.1, 0.15) is 0 Å². The topological polar surface area (TPSA) is 20.2 Å². The zero-order valence-corrected chi connectivity index (χ0v) is 13.4. The molecule has 4 unspecified atom stereocenters. The Morgan fingerprint density at radius 1 is 1.14 bits per heavy atom. The van der Waals surface area contributed by atoms with E-state index in [2.05, 4.69) is 25.7 Å². The van der Waals surface area contributed by atoms with Gasteiger partial charge in [-0.05, 0) is 86.4 Å². The third kappa shape index (κ3) is 2.00. The van der Waals surface area contributed by atoms with E-state index >= 15 is 0 Å². The number of allylic oxidation sites excluding steroid dienone is 2. The lowest BCUT2D eigenvalue weighted by atomic mass is 9.51. The van der Waals surface area contributed by atoms with E-state index in [0.29, 0.717) is 5.41 Å². The Labute approximate surface area is 129 Å². The molecule has 1 N–H and O–H groups in total. The predicted octanol–water partition coefficient (Wildman–Crippen LogP) is 4.72. The standard InChI is InChI=1S/C20H30O/c1-3-14-5-9-19-18-7-4-13-12-15(21)6-8-16(13)17(18)10-11-20(14,19)2/h3,12,14-19,21H,1,4-11H2,2H3/t14-,15?,16-,17?,18?,19?,20+/m0/s1. The van der Waals surface area contributed by atoms with Gasteiger partial charge in [-0.1, -0.05) is 24.6 Å². The summed E-state index contributed by atoms with van der Waals surface area (Å²) >= 11 is 0. The molecule has 3 saturated carbocycles. The van der Waals surface area contributed by atoms with Crippen molar-refractivity contribution in [3.8, 4) is 0 Å². The van der Waals surface area contributed by atoms with Crippen LogP contribution in [0.3, 0.4) is 0 Å². The number of hydrogen-bond donors (Lipinski definition) is 1. The van der Waals surface area contributed by atoms with Crippen molar-refractivity contribution in [1.82, 2.24) is 0 Å². The Hall–Kier alpha value is -0.560. The summed E-state index contributed by atoms with van der Waals surface area (Å²) in [5.41, 5.74) is 2.15. The van der Waals surface area contributed by atoms with Crippen LogP contribution in [0.1, 0.15) is 58.3 Å². The van der Waals surface area contributed by atoms with Crippen molar-refractivity contribution in [1.29, 1.82) is 0 Å². The zero-order chi connectivity index (χ0) is 14.6. The molecule has 0 aromatic rings. The first-order chi connectivity index (χ1) is 10.1. The molecule has 3 fully saturated rings. The molecule has 116 valence electrons. The molecule has 0 aliphatic heterocycles. The van der Waals surface area contributed by atoms with Gasteiger partial charge in [0, 0.05) is 0 Å². The molecule has 0 heterocycles. The van der Waals surface area contributed by atoms with E-state index in [1.807, 2.05) is 0 Å². The first-order valence-corrected chi connectivity index (χ1v) is 9.14. The molecule has 0 aromatic heterocycles. The van der Waals surface area contributed by atoms with Crippen LogP contribution >= 0.6 is 0 Å². The van der Waals surface area contributed by atoms with Crippen LogP contribution in [0.5, 0.6) is 0 Å². The van der Waals surface area contributed by atoms with Crippen LogP contribution in [0, 0.1) is 35.0 Å². The van der Waals surface area contributed by atoms with Crippen LogP contribution < -0.4 is 0 Å². The lowest BCUT2D eigenvalue weighted by molar-refractivity contribution is -0.0167. The van der Waals surface area contributed by atoms with Gasteiger partial charge in [-0.3, -0.25) is 0 Å². The molecule has 0 amide bonds. The van der Waals surface area contributed by atoms with Crippen LogP contribution in [-0.2, 0) is 0 Å². The lowest BCUT2D eigenvalue weighted by Gasteiger charge is -2.54. The molecule has 4 rings (SSSR count). The molecule has 0 saturated heterocycles. The fourth-order valence-corrected chi connectivity index (χ4v) is 6.74. The zero-order valence-electron chi connectivity index (χ0n) is 13.4. The minimum atomic E-state index is -0.154. The van der Waals surface area contributed by atoms with E-state index in [1.54, 1.807) is 5.57 Å². The average molecular weight is 286 g/mol. The summed E-state index contributed by atoms with van der Waals surface area (Å²) in [7, 11) is 0. The lowest BCUT2D eigenvalue weighted by Crippen LogP contribution is -2.46. The molecule has 7 atom stereocenters. The molecule has 1 heteroatoms. The third-order valence-corrected chi connectivity index (χ3v) is 7.79. The Balaban J connectivity index is 1.61. The van der Waals surface area contributed by atoms with E-state index in [-0.39, 0.29) is 6.10 Å². The maximum absolute atomic E-state index is 9.91. The smallest absolute Gasteiger partial charge is 0.0723 e. The van der Waals surface area contributed by atoms with Crippen molar-refractivity contribution >= 4 is 0 Å². The van der Waals surface area contributed by atoms with Crippen molar-refractivity contribution in [2.75, 3.05) is 0 Å². The quantitative estimate of drug-likeness (QED) is 0.691. The Kier molecular flexibility index (Phi) is 3.33. The van der Waals surface area contributed by atoms with Gasteiger partial charge >= 0.3 is 0 Å². The summed E-state index contributed by atoms with van der Waals surface area (Å²) in [6.07, 6.45) is 14.8. The van der Waals surface area contributed by atoms with E-state index < -0.39 is 0 Å². The van der Waals surface area contributed by atoms with Gasteiger partial charge < -0.3 is 5.11 Å². The van der Waals surface area contributed by atoms with Gasteiger partial charge in [0.25, 0.3) is 0 Å². The first kappa shape index (κ1) is 14.1. The van der Waals surface area contributed by atoms with Crippen LogP contribution in [0.4, 0.5) is 0 Å². The molecule has 0 radical (unpaired) electrons. The minimum absolute atomic E-state index is 0.154. The van der Waals surface area contributed by atoms with Crippen LogP contribution in [0.2, 0.25) is 0 Å². The van der Waals surface area contributed by atoms with Gasteiger partial charge in [-0.25, -0.2) is 0 Å². The van der Waals surface area contributed by atoms with Crippen molar-refractivity contribution < 1.29 is 5.11 Å². The highest BCUT2D eigenvalue weighted by molar-refractivity contribution is 5.20. The molecule has 0 bridgehead atoms. The maximum Gasteiger partial charge on any atom is 0.0723 e. The third-order valence-electron chi connectivity index (χ3n) is 7.79. The molecule has 0 aromatic carbocycles. The molecule has 4 aliphatic rings. The molecule has 4 aliphatic carbocycles. The Bertz CT molecular complexity index is 464. The van der Waals surface area contributed by atoms with Crippen molar-refractivity contribution in [2.45, 2.75) is 64.4 Å². The summed E-state index contributed by atoms with van der Waals surface area (Å²) in [6.45, 7) is 6.68. The highest BCUT2D eigenvalue weighted by Crippen LogP contribution is 2.63. The number of fused-ring (bicyclic) bond motifs is 5. The molecular weight excluding hydrogens is 256 g/mol. The Morgan fingerprint density at radius 2 is 2.00 bits per heavy atom. The largest absolute Gasteiger partial charge is 0.389 e.